The van der Waals surface area contributed by atoms with Gasteiger partial charge in [0.15, 0.2) is 11.6 Å². The average Bonchev–Trinajstić information content (AvgIpc) is 2.87. The highest BCUT2D eigenvalue weighted by Crippen LogP contribution is 2.22. The molecule has 3 aromatic rings. The third-order valence-corrected chi connectivity index (χ3v) is 2.76. The molecule has 0 aliphatic heterocycles. The molecule has 0 saturated heterocycles. The number of nitrogen functional groups attached to an aromatic ring is 1. The summed E-state index contributed by atoms with van der Waals surface area (Å²) in [7, 11) is 0. The van der Waals surface area contributed by atoms with Gasteiger partial charge in [0.25, 0.3) is 0 Å². The van der Waals surface area contributed by atoms with E-state index >= 15 is 0 Å². The Hall–Kier alpha value is -2.70. The Labute approximate surface area is 112 Å². The molecule has 2 N–H and O–H groups in total. The minimum Gasteiger partial charge on any atom is -0.435 e. The number of hydrogen-bond acceptors (Lipinski definition) is 4. The van der Waals surface area contributed by atoms with Gasteiger partial charge in [0.05, 0.1) is 0 Å². The molecule has 0 saturated carbocycles. The molecular weight excluding hydrogens is 266 g/mol. The lowest BCUT2D eigenvalue weighted by atomic mass is 10.2. The number of halogens is 2. The fourth-order valence-corrected chi connectivity index (χ4v) is 1.87. The highest BCUT2D eigenvalue weighted by Gasteiger charge is 2.08. The van der Waals surface area contributed by atoms with Gasteiger partial charge in [0.2, 0.25) is 0 Å². The molecular formula is C13H10F2N4O. The minimum absolute atomic E-state index is 0.0822. The van der Waals surface area contributed by atoms with Crippen molar-refractivity contribution in [2.24, 2.45) is 0 Å². The van der Waals surface area contributed by atoms with E-state index in [2.05, 4.69) is 14.8 Å². The van der Waals surface area contributed by atoms with Gasteiger partial charge in [-0.05, 0) is 36.4 Å². The zero-order valence-corrected chi connectivity index (χ0v) is 10.2. The zero-order chi connectivity index (χ0) is 14.1. The molecule has 0 fully saturated rings. The molecule has 2 aromatic heterocycles. The van der Waals surface area contributed by atoms with Crippen molar-refractivity contribution in [1.29, 1.82) is 0 Å². The Morgan fingerprint density at radius 1 is 1.15 bits per heavy atom. The van der Waals surface area contributed by atoms with Gasteiger partial charge < -0.3 is 10.5 Å². The molecule has 3 rings (SSSR count). The Bertz CT molecular complexity index is 740. The smallest absolute Gasteiger partial charge is 0.387 e. The van der Waals surface area contributed by atoms with Gasteiger partial charge in [-0.25, -0.2) is 9.50 Å². The van der Waals surface area contributed by atoms with Gasteiger partial charge in [-0.3, -0.25) is 0 Å². The summed E-state index contributed by atoms with van der Waals surface area (Å²) in [5.41, 5.74) is 7.21. The molecule has 7 heteroatoms. The highest BCUT2D eigenvalue weighted by atomic mass is 19.3. The van der Waals surface area contributed by atoms with Crippen LogP contribution in [0.5, 0.6) is 5.75 Å². The summed E-state index contributed by atoms with van der Waals surface area (Å²) in [4.78, 5) is 4.19. The maximum atomic E-state index is 12.1. The second-order valence-corrected chi connectivity index (χ2v) is 4.06. The maximum Gasteiger partial charge on any atom is 0.387 e. The van der Waals surface area contributed by atoms with E-state index in [0.29, 0.717) is 22.7 Å². The van der Waals surface area contributed by atoms with Crippen LogP contribution in [-0.4, -0.2) is 21.2 Å². The molecule has 0 amide bonds. The first-order valence-corrected chi connectivity index (χ1v) is 5.79. The van der Waals surface area contributed by atoms with Crippen molar-refractivity contribution < 1.29 is 13.5 Å². The molecule has 0 atom stereocenters. The van der Waals surface area contributed by atoms with E-state index in [0.717, 1.165) is 0 Å². The average molecular weight is 276 g/mol. The third-order valence-electron chi connectivity index (χ3n) is 2.76. The van der Waals surface area contributed by atoms with Crippen molar-refractivity contribution in [2.75, 3.05) is 5.73 Å². The Balaban J connectivity index is 1.98. The molecule has 0 aliphatic carbocycles. The van der Waals surface area contributed by atoms with E-state index in [-0.39, 0.29) is 5.75 Å². The molecule has 102 valence electrons. The lowest BCUT2D eigenvalue weighted by Crippen LogP contribution is -2.03. The number of anilines is 1. The first-order valence-electron chi connectivity index (χ1n) is 5.79. The molecule has 2 heterocycles. The Morgan fingerprint density at radius 2 is 1.90 bits per heavy atom. The van der Waals surface area contributed by atoms with Crippen LogP contribution < -0.4 is 10.5 Å². The lowest BCUT2D eigenvalue weighted by Gasteiger charge is -2.06. The Morgan fingerprint density at radius 3 is 2.60 bits per heavy atom. The normalized spacial score (nSPS) is 11.2. The number of hydrogen-bond donors (Lipinski definition) is 1. The predicted molar refractivity (Wildman–Crippen MR) is 69.5 cm³/mol. The summed E-state index contributed by atoms with van der Waals surface area (Å²) in [5.74, 6) is 0.849. The number of benzene rings is 1. The van der Waals surface area contributed by atoms with Crippen LogP contribution in [0.1, 0.15) is 0 Å². The first kappa shape index (κ1) is 12.3. The maximum absolute atomic E-state index is 12.1. The van der Waals surface area contributed by atoms with Crippen molar-refractivity contribution in [2.45, 2.75) is 6.61 Å². The summed E-state index contributed by atoms with van der Waals surface area (Å²) in [6, 6.07) is 9.67. The van der Waals surface area contributed by atoms with E-state index < -0.39 is 6.61 Å². The summed E-state index contributed by atoms with van der Waals surface area (Å²) in [6.45, 7) is -2.84. The SMILES string of the molecule is Nc1nc(-c2ccc(OC(F)F)cc2)nn2cccc12. The summed E-state index contributed by atoms with van der Waals surface area (Å²) in [5, 5.41) is 4.29. The molecule has 0 spiro atoms. The van der Waals surface area contributed by atoms with Crippen LogP contribution in [0, 0.1) is 0 Å². The van der Waals surface area contributed by atoms with Crippen molar-refractivity contribution in [3.05, 3.63) is 42.6 Å². The molecule has 5 nitrogen and oxygen atoms in total. The quantitative estimate of drug-likeness (QED) is 0.798. The van der Waals surface area contributed by atoms with Crippen LogP contribution in [0.25, 0.3) is 16.9 Å². The topological polar surface area (TPSA) is 65.4 Å². The largest absolute Gasteiger partial charge is 0.435 e. The van der Waals surface area contributed by atoms with Gasteiger partial charge in [0.1, 0.15) is 11.3 Å². The van der Waals surface area contributed by atoms with Crippen LogP contribution in [0.4, 0.5) is 14.6 Å². The first-order chi connectivity index (χ1) is 9.63. The number of alkyl halides is 2. The predicted octanol–water partition coefficient (Wildman–Crippen LogP) is 2.58. The van der Waals surface area contributed by atoms with Gasteiger partial charge in [-0.1, -0.05) is 0 Å². The number of ether oxygens (including phenoxy) is 1. The van der Waals surface area contributed by atoms with Crippen molar-refractivity contribution in [3.8, 4) is 17.1 Å². The van der Waals surface area contributed by atoms with Gasteiger partial charge in [-0.2, -0.15) is 8.78 Å². The second-order valence-electron chi connectivity index (χ2n) is 4.06. The van der Waals surface area contributed by atoms with Gasteiger partial charge >= 0.3 is 6.61 Å². The van der Waals surface area contributed by atoms with Crippen LogP contribution in [0.15, 0.2) is 42.6 Å². The third kappa shape index (κ3) is 2.25. The fraction of sp³-hybridized carbons (Fsp3) is 0.0769. The molecule has 20 heavy (non-hydrogen) atoms. The number of nitrogens with two attached hydrogens (primary N) is 1. The standard InChI is InChI=1S/C13H10F2N4O/c14-13(15)20-9-5-3-8(4-6-9)12-17-11(16)10-2-1-7-19(10)18-12/h1-7,13H,(H2,16,17,18). The van der Waals surface area contributed by atoms with Crippen LogP contribution in [0.3, 0.4) is 0 Å². The van der Waals surface area contributed by atoms with Crippen molar-refractivity contribution >= 4 is 11.3 Å². The molecule has 0 radical (unpaired) electrons. The molecule has 0 bridgehead atoms. The second kappa shape index (κ2) is 4.76. The number of fused-ring (bicyclic) bond motifs is 1. The van der Waals surface area contributed by atoms with E-state index in [1.54, 1.807) is 28.9 Å². The zero-order valence-electron chi connectivity index (χ0n) is 10.2. The minimum atomic E-state index is -2.84. The highest BCUT2D eigenvalue weighted by molar-refractivity contribution is 5.68. The summed E-state index contributed by atoms with van der Waals surface area (Å²) in [6.07, 6.45) is 1.76. The van der Waals surface area contributed by atoms with Gasteiger partial charge in [-0.15, -0.1) is 5.10 Å². The van der Waals surface area contributed by atoms with Crippen LogP contribution in [0.2, 0.25) is 0 Å². The monoisotopic (exact) mass is 276 g/mol. The number of aromatic nitrogens is 3. The van der Waals surface area contributed by atoms with E-state index in [1.807, 2.05) is 6.07 Å². The molecule has 1 aromatic carbocycles. The van der Waals surface area contributed by atoms with E-state index in [1.165, 1.54) is 12.1 Å². The number of rotatable bonds is 3. The van der Waals surface area contributed by atoms with Crippen molar-refractivity contribution in [1.82, 2.24) is 14.6 Å². The van der Waals surface area contributed by atoms with E-state index in [4.69, 9.17) is 5.73 Å². The summed E-state index contributed by atoms with van der Waals surface area (Å²) >= 11 is 0. The fourth-order valence-electron chi connectivity index (χ4n) is 1.87. The lowest BCUT2D eigenvalue weighted by molar-refractivity contribution is -0.0498. The number of nitrogens with zero attached hydrogens (tertiary/aromatic N) is 3. The molecule has 0 unspecified atom stereocenters. The van der Waals surface area contributed by atoms with Crippen LogP contribution >= 0.6 is 0 Å². The molecule has 0 aliphatic rings. The van der Waals surface area contributed by atoms with Gasteiger partial charge in [0, 0.05) is 11.8 Å². The van der Waals surface area contributed by atoms with E-state index in [9.17, 15) is 8.78 Å². The summed E-state index contributed by atoms with van der Waals surface area (Å²) < 4.78 is 30.0. The Kier molecular flexibility index (Phi) is 2.94. The van der Waals surface area contributed by atoms with Crippen LogP contribution in [-0.2, 0) is 0 Å². The van der Waals surface area contributed by atoms with Crippen molar-refractivity contribution in [3.63, 3.8) is 0 Å².